The van der Waals surface area contributed by atoms with Gasteiger partial charge in [-0.2, -0.15) is 15.1 Å². The van der Waals surface area contributed by atoms with Crippen molar-refractivity contribution in [3.63, 3.8) is 0 Å². The van der Waals surface area contributed by atoms with Crippen LogP contribution >= 0.6 is 19.2 Å². The average Bonchev–Trinajstić information content (AvgIpc) is 3.69. The Morgan fingerprint density at radius 3 is 2.36 bits per heavy atom. The first-order chi connectivity index (χ1) is 21.0. The van der Waals surface area contributed by atoms with Gasteiger partial charge in [-0.25, -0.2) is 14.3 Å². The molecule has 0 saturated carbocycles. The second-order valence-corrected chi connectivity index (χ2v) is 12.7. The number of anilines is 1. The molecule has 246 valence electrons. The molecule has 44 heavy (non-hydrogen) atoms. The van der Waals surface area contributed by atoms with Gasteiger partial charge in [0.1, 0.15) is 12.2 Å². The van der Waals surface area contributed by atoms with Gasteiger partial charge in [-0.15, -0.1) is 0 Å². The molecule has 4 heterocycles. The van der Waals surface area contributed by atoms with E-state index in [1.165, 1.54) is 0 Å². The third-order valence-electron chi connectivity index (χ3n) is 6.12. The molecular weight excluding hydrogens is 629 g/mol. The minimum absolute atomic E-state index is 0.0170. The lowest BCUT2D eigenvalue weighted by Gasteiger charge is -2.20. The van der Waals surface area contributed by atoms with Crippen LogP contribution in [0.4, 0.5) is 15.4 Å². The summed E-state index contributed by atoms with van der Waals surface area (Å²) in [5, 5.41) is 8.57. The summed E-state index contributed by atoms with van der Waals surface area (Å²) in [5.41, 5.74) is 0.510. The zero-order valence-corrected chi connectivity index (χ0v) is 26.5. The lowest BCUT2D eigenvalue weighted by Crippen LogP contribution is -2.20. The summed E-state index contributed by atoms with van der Waals surface area (Å²) in [4.78, 5) is 32.0. The Hall–Kier alpha value is -2.79. The molecule has 0 aliphatic carbocycles. The van der Waals surface area contributed by atoms with Crippen LogP contribution in [0.15, 0.2) is 6.20 Å². The van der Waals surface area contributed by atoms with E-state index < -0.39 is 64.4 Å². The van der Waals surface area contributed by atoms with Crippen molar-refractivity contribution < 1.29 is 56.4 Å². The van der Waals surface area contributed by atoms with Crippen molar-refractivity contribution in [2.75, 3.05) is 45.1 Å². The molecule has 2 fully saturated rings. The SMILES string of the molecule is CC(C)OC(=O)OCOP(=O)(COC[C@@H]1CC[C@H](n2ncc3c(N[C@H]4CCOC4)nc(Cl)nc32)O1)OCOC(=O)OC(C)C. The summed E-state index contributed by atoms with van der Waals surface area (Å²) in [6, 6.07) is 0.113. The third kappa shape index (κ3) is 10.1. The second kappa shape index (κ2) is 16.0. The highest BCUT2D eigenvalue weighted by atomic mass is 35.5. The van der Waals surface area contributed by atoms with Crippen LogP contribution in [0.1, 0.15) is 53.2 Å². The number of nitrogens with one attached hydrogen (secondary N) is 1. The van der Waals surface area contributed by atoms with E-state index in [0.717, 1.165) is 6.42 Å². The lowest BCUT2D eigenvalue weighted by molar-refractivity contribution is -0.0487. The van der Waals surface area contributed by atoms with Gasteiger partial charge in [-0.3, -0.25) is 13.6 Å². The van der Waals surface area contributed by atoms with Crippen LogP contribution in [0, 0.1) is 0 Å². The van der Waals surface area contributed by atoms with E-state index in [2.05, 4.69) is 20.4 Å². The summed E-state index contributed by atoms with van der Waals surface area (Å²) >= 11 is 6.22. The molecule has 0 aromatic carbocycles. The fraction of sp³-hybridized carbons (Fsp3) is 0.720. The number of carbonyl (C=O) groups excluding carboxylic acids is 2. The molecule has 19 heteroatoms. The number of fused-ring (bicyclic) bond motifs is 1. The largest absolute Gasteiger partial charge is 0.510 e. The maximum absolute atomic E-state index is 13.3. The van der Waals surface area contributed by atoms with Crippen LogP contribution < -0.4 is 5.32 Å². The smallest absolute Gasteiger partial charge is 0.432 e. The molecule has 2 aliphatic heterocycles. The van der Waals surface area contributed by atoms with Crippen LogP contribution in [0.25, 0.3) is 11.0 Å². The highest BCUT2D eigenvalue weighted by molar-refractivity contribution is 7.53. The first-order valence-corrected chi connectivity index (χ1v) is 16.1. The zero-order valence-electron chi connectivity index (χ0n) is 24.8. The third-order valence-corrected chi connectivity index (χ3v) is 7.79. The van der Waals surface area contributed by atoms with Gasteiger partial charge in [0.25, 0.3) is 0 Å². The van der Waals surface area contributed by atoms with Crippen LogP contribution in [0.3, 0.4) is 0 Å². The van der Waals surface area contributed by atoms with Crippen LogP contribution in [-0.2, 0) is 46.8 Å². The molecule has 0 unspecified atom stereocenters. The average molecular weight is 666 g/mol. The summed E-state index contributed by atoms with van der Waals surface area (Å²) < 4.78 is 61.6. The number of halogens is 1. The van der Waals surface area contributed by atoms with Gasteiger partial charge in [0.2, 0.25) is 18.9 Å². The molecule has 2 saturated heterocycles. The van der Waals surface area contributed by atoms with Crippen molar-refractivity contribution in [2.45, 2.75) is 77.5 Å². The zero-order chi connectivity index (χ0) is 31.7. The highest BCUT2D eigenvalue weighted by Gasteiger charge is 2.32. The number of hydrogen-bond acceptors (Lipinski definition) is 16. The number of aromatic nitrogens is 4. The van der Waals surface area contributed by atoms with Gasteiger partial charge in [0.05, 0.1) is 49.2 Å². The number of rotatable bonds is 15. The van der Waals surface area contributed by atoms with Gasteiger partial charge in [-0.05, 0) is 58.6 Å². The van der Waals surface area contributed by atoms with Crippen molar-refractivity contribution in [3.8, 4) is 0 Å². The predicted molar refractivity (Wildman–Crippen MR) is 152 cm³/mol. The molecule has 2 aliphatic rings. The molecule has 0 bridgehead atoms. The Labute approximate surface area is 258 Å². The van der Waals surface area contributed by atoms with Gasteiger partial charge in [0.15, 0.2) is 11.9 Å². The van der Waals surface area contributed by atoms with Crippen molar-refractivity contribution in [3.05, 3.63) is 11.5 Å². The normalized spacial score (nSPS) is 20.4. The van der Waals surface area contributed by atoms with Gasteiger partial charge in [-0.1, -0.05) is 0 Å². The minimum atomic E-state index is -4.09. The standard InChI is InChI=1S/C25H37ClN5O12P/c1-15(2)41-24(32)37-12-39-44(34,40-13-38-25(33)42-16(3)4)14-36-11-18-5-6-20(43-18)31-22-19(9-27-31)21(29-23(26)30-22)28-17-7-8-35-10-17/h9,15-18,20H,5-8,10-14H2,1-4H3,(H,28,29,30)/t17-,18-,20+/m0/s1. The lowest BCUT2D eigenvalue weighted by atomic mass is 10.2. The molecule has 17 nitrogen and oxygen atoms in total. The van der Waals surface area contributed by atoms with E-state index in [-0.39, 0.29) is 17.9 Å². The Morgan fingerprint density at radius 1 is 1.07 bits per heavy atom. The Bertz CT molecular complexity index is 1280. The van der Waals surface area contributed by atoms with Crippen molar-refractivity contribution in [2.24, 2.45) is 0 Å². The molecule has 2 aromatic heterocycles. The van der Waals surface area contributed by atoms with Crippen LogP contribution in [0.2, 0.25) is 5.28 Å². The van der Waals surface area contributed by atoms with E-state index in [1.54, 1.807) is 38.6 Å². The van der Waals surface area contributed by atoms with E-state index in [4.69, 9.17) is 53.8 Å². The molecule has 1 N–H and O–H groups in total. The fourth-order valence-corrected chi connectivity index (χ4v) is 5.36. The van der Waals surface area contributed by atoms with E-state index in [9.17, 15) is 14.2 Å². The quantitative estimate of drug-likeness (QED) is 0.120. The molecule has 4 rings (SSSR count). The first kappa shape index (κ1) is 34.1. The van der Waals surface area contributed by atoms with Crippen LogP contribution in [-0.4, -0.2) is 96.2 Å². The first-order valence-electron chi connectivity index (χ1n) is 14.0. The monoisotopic (exact) mass is 665 g/mol. The van der Waals surface area contributed by atoms with E-state index >= 15 is 0 Å². The van der Waals surface area contributed by atoms with Gasteiger partial charge >= 0.3 is 19.9 Å². The second-order valence-electron chi connectivity index (χ2n) is 10.4. The Morgan fingerprint density at radius 2 is 1.75 bits per heavy atom. The minimum Gasteiger partial charge on any atom is -0.432 e. The van der Waals surface area contributed by atoms with Crippen molar-refractivity contribution in [1.29, 1.82) is 0 Å². The van der Waals surface area contributed by atoms with Crippen molar-refractivity contribution in [1.82, 2.24) is 19.7 Å². The number of ether oxygens (including phenoxy) is 7. The predicted octanol–water partition coefficient (Wildman–Crippen LogP) is 4.60. The Kier molecular flexibility index (Phi) is 12.4. The molecule has 3 atom stereocenters. The van der Waals surface area contributed by atoms with E-state index in [0.29, 0.717) is 42.9 Å². The Balaban J connectivity index is 1.31. The maximum atomic E-state index is 13.3. The molecule has 0 radical (unpaired) electrons. The van der Waals surface area contributed by atoms with Gasteiger partial charge < -0.3 is 38.5 Å². The fourth-order valence-electron chi connectivity index (χ4n) is 4.22. The maximum Gasteiger partial charge on any atom is 0.510 e. The molecular formula is C25H37ClN5O12P. The molecule has 0 amide bonds. The summed E-state index contributed by atoms with van der Waals surface area (Å²) in [7, 11) is -4.09. The highest BCUT2D eigenvalue weighted by Crippen LogP contribution is 2.48. The summed E-state index contributed by atoms with van der Waals surface area (Å²) in [6.07, 6.45) is -0.644. The summed E-state index contributed by atoms with van der Waals surface area (Å²) in [5.74, 6) is 0.568. The number of carbonyl (C=O) groups is 2. The number of hydrogen-bond donors (Lipinski definition) is 1. The molecule has 2 aromatic rings. The topological polar surface area (TPSA) is 190 Å². The van der Waals surface area contributed by atoms with Crippen LogP contribution in [0.5, 0.6) is 0 Å². The molecule has 0 spiro atoms. The van der Waals surface area contributed by atoms with Gasteiger partial charge in [0, 0.05) is 6.61 Å². The van der Waals surface area contributed by atoms with E-state index in [1.807, 2.05) is 0 Å². The summed E-state index contributed by atoms with van der Waals surface area (Å²) in [6.45, 7) is 6.27. The number of nitrogens with zero attached hydrogens (tertiary/aromatic N) is 4. The van der Waals surface area contributed by atoms with Crippen molar-refractivity contribution >= 4 is 48.4 Å².